The van der Waals surface area contributed by atoms with Gasteiger partial charge in [-0.3, -0.25) is 39.3 Å². The quantitative estimate of drug-likeness (QED) is 0.0397. The Morgan fingerprint density at radius 3 is 2.57 bits per heavy atom. The number of hydrogen-bond acceptors (Lipinski definition) is 14. The van der Waals surface area contributed by atoms with Crippen molar-refractivity contribution in [1.29, 1.82) is 0 Å². The number of anilines is 1. The third-order valence-electron chi connectivity index (χ3n) is 16.3. The smallest absolute Gasteiger partial charge is 0.409 e. The van der Waals surface area contributed by atoms with Crippen molar-refractivity contribution < 1.29 is 47.3 Å². The standard InChI is InChI=1S/C57H59F2N9O8/c1-4-39-43(58)17-14-34-23-38(69)24-41(46(34)39)49-48(59)50-42(26-60-49)51(66-28-35-15-16-36(29-66)61-35)64-55(63-50)76-31-57-21-20-37(67(57)27-32(2)25-57)30-75-56(74)65(3)22-9-7-5-6-8-11-33-12-10-13-40-47(33)54(73)68(53(40)72)44-18-19-45(70)62-52(44)71/h1,10,12-14,17,23-24,26,35-37,44,61,69H,2,5-9,11,15-16,18-22,25,27-31H2,3H3,(H,62,70,71)/t35?,36?,37-,44?,57-/m0/s1. The molecule has 8 heterocycles. The number of phenolic OH excluding ortho intramolecular Hbond substituents is 1. The molecule has 3 unspecified atom stereocenters. The number of unbranched alkanes of at least 4 members (excludes halogenated alkanes) is 4. The first-order chi connectivity index (χ1) is 36.7. The Hall–Kier alpha value is -7.56. The molecule has 5 aromatic rings. The largest absolute Gasteiger partial charge is 0.508 e. The Balaban J connectivity index is 0.707. The van der Waals surface area contributed by atoms with Crippen LogP contribution in [0.1, 0.15) is 109 Å². The first-order valence-electron chi connectivity index (χ1n) is 26.3. The zero-order valence-electron chi connectivity index (χ0n) is 42.3. The van der Waals surface area contributed by atoms with Crippen LogP contribution in [0.15, 0.2) is 60.8 Å². The third kappa shape index (κ3) is 9.35. The molecule has 11 rings (SSSR count). The molecule has 0 aliphatic carbocycles. The number of carbonyl (C=O) groups is 5. The summed E-state index contributed by atoms with van der Waals surface area (Å²) in [5, 5.41) is 17.6. The number of fused-ring (bicyclic) bond motifs is 6. The summed E-state index contributed by atoms with van der Waals surface area (Å²) in [6, 6.07) is 10.0. The van der Waals surface area contributed by atoms with Crippen LogP contribution in [0.3, 0.4) is 0 Å². The van der Waals surface area contributed by atoms with Crippen LogP contribution in [-0.2, 0) is 20.7 Å². The van der Waals surface area contributed by atoms with Gasteiger partial charge in [-0.05, 0) is 93.0 Å². The van der Waals surface area contributed by atoms with Crippen LogP contribution < -0.4 is 20.3 Å². The number of benzene rings is 3. The van der Waals surface area contributed by atoms with Gasteiger partial charge in [0.05, 0.1) is 27.6 Å². The number of ether oxygens (including phenoxy) is 2. The molecule has 5 saturated heterocycles. The number of aryl methyl sites for hydroxylation is 1. The van der Waals surface area contributed by atoms with Gasteiger partial charge >= 0.3 is 12.1 Å². The topological polar surface area (TPSA) is 200 Å². The number of aromatic hydroxyl groups is 1. The molecule has 5 atom stereocenters. The maximum Gasteiger partial charge on any atom is 0.409 e. The molecule has 2 bridgehead atoms. The molecule has 2 aromatic heterocycles. The molecule has 0 radical (unpaired) electrons. The molecule has 5 fully saturated rings. The average molecular weight is 1040 g/mol. The number of rotatable bonds is 16. The van der Waals surface area contributed by atoms with E-state index < -0.39 is 52.9 Å². The second-order valence-electron chi connectivity index (χ2n) is 21.3. The molecule has 6 aliphatic rings. The Kier molecular flexibility index (Phi) is 13.7. The number of nitrogens with zero attached hydrogens (tertiary/aromatic N) is 7. The summed E-state index contributed by atoms with van der Waals surface area (Å²) in [4.78, 5) is 85.4. The SMILES string of the molecule is C#Cc1c(F)ccc2cc(O)cc(-c3ncc4c(N5CC6CCC(C5)N6)nc(OC[C@@]56CC[C@@H](COC(=O)N(C)CCCCCCCc7cccc8c7C(=O)N(C7CCC(=O)NC7=O)C8=O)N5CC(=C)C6)nc4c3F)c12. The normalized spacial score (nSPS) is 23.1. The Morgan fingerprint density at radius 1 is 0.987 bits per heavy atom. The van der Waals surface area contributed by atoms with Gasteiger partial charge in [-0.25, -0.2) is 13.6 Å². The molecule has 6 aliphatic heterocycles. The first kappa shape index (κ1) is 50.6. The minimum Gasteiger partial charge on any atom is -0.508 e. The van der Waals surface area contributed by atoms with Crippen LogP contribution in [0.5, 0.6) is 11.8 Å². The minimum absolute atomic E-state index is 0.0162. The average Bonchev–Trinajstić information content (AvgIpc) is 4.11. The number of piperidine rings is 1. The first-order valence-corrected chi connectivity index (χ1v) is 26.3. The minimum atomic E-state index is -1.01. The number of carbonyl (C=O) groups excluding carboxylic acids is 5. The number of amides is 5. The lowest BCUT2D eigenvalue weighted by Gasteiger charge is -2.35. The van der Waals surface area contributed by atoms with Gasteiger partial charge in [0.15, 0.2) is 5.82 Å². The number of imide groups is 2. The second-order valence-corrected chi connectivity index (χ2v) is 21.3. The van der Waals surface area contributed by atoms with Gasteiger partial charge in [-0.2, -0.15) is 9.97 Å². The van der Waals surface area contributed by atoms with Gasteiger partial charge in [0.2, 0.25) is 11.8 Å². The summed E-state index contributed by atoms with van der Waals surface area (Å²) >= 11 is 0. The predicted octanol–water partition coefficient (Wildman–Crippen LogP) is 6.96. The number of nitrogens with one attached hydrogen (secondary N) is 2. The molecule has 3 N–H and O–H groups in total. The summed E-state index contributed by atoms with van der Waals surface area (Å²) in [6.07, 6.45) is 16.0. The fourth-order valence-corrected chi connectivity index (χ4v) is 12.5. The summed E-state index contributed by atoms with van der Waals surface area (Å²) in [5.41, 5.74) is 1.74. The van der Waals surface area contributed by atoms with E-state index in [4.69, 9.17) is 25.9 Å². The van der Waals surface area contributed by atoms with Crippen molar-refractivity contribution in [1.82, 2.24) is 40.3 Å². The molecule has 76 heavy (non-hydrogen) atoms. The second kappa shape index (κ2) is 20.5. The predicted molar refractivity (Wildman–Crippen MR) is 278 cm³/mol. The van der Waals surface area contributed by atoms with Gasteiger partial charge < -0.3 is 29.7 Å². The molecular weight excluding hydrogens is 977 g/mol. The fraction of sp³-hybridized carbons (Fsp3) is 0.439. The molecule has 0 spiro atoms. The van der Waals surface area contributed by atoms with Gasteiger partial charge in [-0.1, -0.05) is 55.5 Å². The number of aromatic nitrogens is 3. The van der Waals surface area contributed by atoms with E-state index in [-0.39, 0.29) is 89.2 Å². The molecular formula is C57H59F2N9O8. The van der Waals surface area contributed by atoms with Gasteiger partial charge in [0.25, 0.3) is 11.8 Å². The Labute approximate surface area is 438 Å². The fourth-order valence-electron chi connectivity index (χ4n) is 12.5. The lowest BCUT2D eigenvalue weighted by molar-refractivity contribution is -0.136. The van der Waals surface area contributed by atoms with E-state index in [9.17, 15) is 29.1 Å². The number of piperazine rings is 1. The lowest BCUT2D eigenvalue weighted by Crippen LogP contribution is -2.54. The maximum atomic E-state index is 17.2. The number of hydrogen-bond donors (Lipinski definition) is 3. The van der Waals surface area contributed by atoms with Crippen LogP contribution in [0.2, 0.25) is 0 Å². The number of phenols is 1. The Bertz CT molecular complexity index is 3280. The van der Waals surface area contributed by atoms with Crippen molar-refractivity contribution in [2.24, 2.45) is 0 Å². The van der Waals surface area contributed by atoms with Crippen LogP contribution in [0.4, 0.5) is 19.4 Å². The molecule has 19 heteroatoms. The van der Waals surface area contributed by atoms with E-state index in [1.165, 1.54) is 30.5 Å². The van der Waals surface area contributed by atoms with Crippen molar-refractivity contribution in [2.75, 3.05) is 51.3 Å². The van der Waals surface area contributed by atoms with Crippen molar-refractivity contribution in [3.63, 3.8) is 0 Å². The van der Waals surface area contributed by atoms with Gasteiger partial charge in [0.1, 0.15) is 47.9 Å². The van der Waals surface area contributed by atoms with E-state index in [0.717, 1.165) is 73.8 Å². The highest BCUT2D eigenvalue weighted by Crippen LogP contribution is 2.45. The van der Waals surface area contributed by atoms with Crippen molar-refractivity contribution in [3.8, 4) is 35.4 Å². The van der Waals surface area contributed by atoms with E-state index in [1.54, 1.807) is 24.1 Å². The zero-order valence-corrected chi connectivity index (χ0v) is 42.3. The molecule has 5 amide bonds. The zero-order chi connectivity index (χ0) is 53.0. The van der Waals surface area contributed by atoms with Gasteiger partial charge in [-0.15, -0.1) is 6.42 Å². The molecule has 3 aromatic carbocycles. The van der Waals surface area contributed by atoms with Crippen molar-refractivity contribution in [2.45, 2.75) is 113 Å². The van der Waals surface area contributed by atoms with Crippen LogP contribution in [0, 0.1) is 24.0 Å². The number of halogens is 2. The van der Waals surface area contributed by atoms with Crippen LogP contribution in [0.25, 0.3) is 32.9 Å². The lowest BCUT2D eigenvalue weighted by atomic mass is 9.94. The molecule has 0 saturated carbocycles. The van der Waals surface area contributed by atoms with E-state index in [1.807, 2.05) is 6.07 Å². The molecule has 394 valence electrons. The summed E-state index contributed by atoms with van der Waals surface area (Å²) in [7, 11) is 1.73. The molecule has 17 nitrogen and oxygen atoms in total. The number of pyridine rings is 1. The highest BCUT2D eigenvalue weighted by Gasteiger charge is 2.52. The third-order valence-corrected chi connectivity index (χ3v) is 16.3. The van der Waals surface area contributed by atoms with Crippen molar-refractivity contribution >= 4 is 57.2 Å². The van der Waals surface area contributed by atoms with E-state index in [2.05, 4.69) is 37.9 Å². The summed E-state index contributed by atoms with van der Waals surface area (Å²) in [6.45, 7) is 7.08. The van der Waals surface area contributed by atoms with Gasteiger partial charge in [0, 0.05) is 74.9 Å². The maximum absolute atomic E-state index is 17.2. The van der Waals surface area contributed by atoms with E-state index in [0.29, 0.717) is 61.2 Å². The van der Waals surface area contributed by atoms with Crippen LogP contribution in [-0.4, -0.2) is 141 Å². The van der Waals surface area contributed by atoms with Crippen molar-refractivity contribution in [3.05, 3.63) is 94.7 Å². The van der Waals surface area contributed by atoms with E-state index >= 15 is 8.78 Å². The highest BCUT2D eigenvalue weighted by molar-refractivity contribution is 6.24. The highest BCUT2D eigenvalue weighted by atomic mass is 19.1. The summed E-state index contributed by atoms with van der Waals surface area (Å²) < 4.78 is 44.8. The van der Waals surface area contributed by atoms with Crippen LogP contribution >= 0.6 is 0 Å². The summed E-state index contributed by atoms with van der Waals surface area (Å²) in [5.74, 6) is -0.803. The Morgan fingerprint density at radius 2 is 1.78 bits per heavy atom. The monoisotopic (exact) mass is 1040 g/mol. The number of terminal acetylenes is 1.